The number of nitrogens with two attached hydrogens (primary N) is 1. The van der Waals surface area contributed by atoms with E-state index >= 15 is 0 Å². The van der Waals surface area contributed by atoms with Crippen molar-refractivity contribution in [1.29, 1.82) is 0 Å². The molecule has 0 aliphatic carbocycles. The second-order valence-electron chi connectivity index (χ2n) is 5.36. The maximum Gasteiger partial charge on any atom is 0.0511 e. The van der Waals surface area contributed by atoms with E-state index in [-0.39, 0.29) is 0 Å². The van der Waals surface area contributed by atoms with Gasteiger partial charge in [0.05, 0.1) is 5.52 Å². The van der Waals surface area contributed by atoms with E-state index < -0.39 is 0 Å². The summed E-state index contributed by atoms with van der Waals surface area (Å²) in [7, 11) is 4.31. The van der Waals surface area contributed by atoms with E-state index in [0.29, 0.717) is 12.1 Å². The molecule has 0 amide bonds. The highest BCUT2D eigenvalue weighted by Gasteiger charge is 2.27. The Balaban J connectivity index is 2.01. The quantitative estimate of drug-likeness (QED) is 0.830. The topological polar surface area (TPSA) is 47.1 Å². The molecule has 4 nitrogen and oxygen atoms in total. The van der Waals surface area contributed by atoms with Gasteiger partial charge in [-0.3, -0.25) is 9.88 Å². The number of piperidine rings is 1. The number of aromatic nitrogens is 2. The zero-order chi connectivity index (χ0) is 12.7. The molecular formula is C14H20N4. The van der Waals surface area contributed by atoms with Crippen LogP contribution in [0.25, 0.3) is 10.9 Å². The summed E-state index contributed by atoms with van der Waals surface area (Å²) in [6.45, 7) is 0.977. The van der Waals surface area contributed by atoms with Crippen LogP contribution in [-0.4, -0.2) is 34.1 Å². The fourth-order valence-corrected chi connectivity index (χ4v) is 3.09. The number of aryl methyl sites for hydroxylation is 1. The van der Waals surface area contributed by atoms with Crippen LogP contribution in [0.5, 0.6) is 0 Å². The Morgan fingerprint density at radius 3 is 2.89 bits per heavy atom. The zero-order valence-corrected chi connectivity index (χ0v) is 11.0. The van der Waals surface area contributed by atoms with E-state index in [1.165, 1.54) is 16.6 Å². The third-order valence-corrected chi connectivity index (χ3v) is 4.09. The third-order valence-electron chi connectivity index (χ3n) is 4.09. The average Bonchev–Trinajstić information content (AvgIpc) is 2.68. The van der Waals surface area contributed by atoms with Gasteiger partial charge in [0.25, 0.3) is 0 Å². The van der Waals surface area contributed by atoms with Crippen LogP contribution in [0.1, 0.15) is 24.6 Å². The van der Waals surface area contributed by atoms with Gasteiger partial charge in [-0.25, -0.2) is 0 Å². The first-order valence-electron chi connectivity index (χ1n) is 6.52. The maximum atomic E-state index is 6.02. The van der Waals surface area contributed by atoms with Crippen molar-refractivity contribution in [3.05, 3.63) is 30.2 Å². The summed E-state index contributed by atoms with van der Waals surface area (Å²) in [6, 6.07) is 5.14. The minimum Gasteiger partial charge on any atom is -0.346 e. The number of fused-ring (bicyclic) bond motifs is 1. The van der Waals surface area contributed by atoms with Crippen LogP contribution in [0.2, 0.25) is 0 Å². The molecule has 1 saturated heterocycles. The standard InChI is InChI=1S/C14H20N4/c1-17-9-11(15)3-4-13(17)14-7-10-8-16-6-5-12(10)18(14)2/h5-8,11,13H,3-4,9,15H2,1-2H3. The van der Waals surface area contributed by atoms with Gasteiger partial charge >= 0.3 is 0 Å². The number of likely N-dealkylation sites (N-methyl/N-ethyl adjacent to an activating group) is 1. The lowest BCUT2D eigenvalue weighted by molar-refractivity contribution is 0.164. The molecule has 2 atom stereocenters. The maximum absolute atomic E-state index is 6.02. The van der Waals surface area contributed by atoms with Crippen LogP contribution in [0, 0.1) is 0 Å². The van der Waals surface area contributed by atoms with E-state index in [0.717, 1.165) is 19.4 Å². The number of rotatable bonds is 1. The Kier molecular flexibility index (Phi) is 2.84. The van der Waals surface area contributed by atoms with Crippen molar-refractivity contribution in [2.75, 3.05) is 13.6 Å². The molecule has 2 aromatic heterocycles. The highest BCUT2D eigenvalue weighted by molar-refractivity contribution is 5.80. The fourth-order valence-electron chi connectivity index (χ4n) is 3.09. The first kappa shape index (κ1) is 11.7. The van der Waals surface area contributed by atoms with Crippen LogP contribution in [-0.2, 0) is 7.05 Å². The minimum absolute atomic E-state index is 0.322. The van der Waals surface area contributed by atoms with Gasteiger partial charge in [-0.15, -0.1) is 0 Å². The van der Waals surface area contributed by atoms with Crippen LogP contribution in [0.15, 0.2) is 24.5 Å². The zero-order valence-electron chi connectivity index (χ0n) is 11.0. The van der Waals surface area contributed by atoms with Crippen LogP contribution in [0.4, 0.5) is 0 Å². The van der Waals surface area contributed by atoms with Gasteiger partial charge in [0.15, 0.2) is 0 Å². The second kappa shape index (κ2) is 4.37. The molecule has 1 fully saturated rings. The van der Waals surface area contributed by atoms with Crippen molar-refractivity contribution in [3.8, 4) is 0 Å². The molecule has 2 aromatic rings. The number of hydrogen-bond donors (Lipinski definition) is 1. The van der Waals surface area contributed by atoms with Gasteiger partial charge in [0.1, 0.15) is 0 Å². The first-order valence-corrected chi connectivity index (χ1v) is 6.52. The van der Waals surface area contributed by atoms with Crippen molar-refractivity contribution in [1.82, 2.24) is 14.5 Å². The SMILES string of the molecule is CN1CC(N)CCC1c1cc2cnccc2n1C. The summed E-state index contributed by atoms with van der Waals surface area (Å²) < 4.78 is 2.29. The van der Waals surface area contributed by atoms with E-state index in [2.05, 4.69) is 40.7 Å². The largest absolute Gasteiger partial charge is 0.346 e. The predicted octanol–water partition coefficient (Wildman–Crippen LogP) is 1.67. The molecule has 0 aromatic carbocycles. The lowest BCUT2D eigenvalue weighted by Crippen LogP contribution is -2.42. The highest BCUT2D eigenvalue weighted by Crippen LogP contribution is 2.32. The van der Waals surface area contributed by atoms with Crippen molar-refractivity contribution < 1.29 is 0 Å². The molecule has 1 aliphatic heterocycles. The Morgan fingerprint density at radius 1 is 1.33 bits per heavy atom. The Morgan fingerprint density at radius 2 is 2.17 bits per heavy atom. The number of hydrogen-bond acceptors (Lipinski definition) is 3. The molecule has 2 N–H and O–H groups in total. The average molecular weight is 244 g/mol. The monoisotopic (exact) mass is 244 g/mol. The number of nitrogens with zero attached hydrogens (tertiary/aromatic N) is 3. The molecule has 3 heterocycles. The van der Waals surface area contributed by atoms with Gasteiger partial charge < -0.3 is 10.3 Å². The summed E-state index contributed by atoms with van der Waals surface area (Å²) in [6.07, 6.45) is 6.03. The Labute approximate surface area is 107 Å². The molecule has 3 rings (SSSR count). The Hall–Kier alpha value is -1.39. The molecule has 0 saturated carbocycles. The lowest BCUT2D eigenvalue weighted by atomic mass is 9.97. The van der Waals surface area contributed by atoms with Gasteiger partial charge in [0, 0.05) is 49.1 Å². The van der Waals surface area contributed by atoms with E-state index in [1.54, 1.807) is 0 Å². The number of pyridine rings is 1. The summed E-state index contributed by atoms with van der Waals surface area (Å²) in [4.78, 5) is 6.57. The first-order chi connectivity index (χ1) is 8.66. The van der Waals surface area contributed by atoms with Gasteiger partial charge in [-0.2, -0.15) is 0 Å². The molecule has 96 valence electrons. The normalized spacial score (nSPS) is 25.7. The van der Waals surface area contributed by atoms with Crippen LogP contribution >= 0.6 is 0 Å². The second-order valence-corrected chi connectivity index (χ2v) is 5.36. The van der Waals surface area contributed by atoms with Crippen LogP contribution in [0.3, 0.4) is 0 Å². The molecule has 2 unspecified atom stereocenters. The van der Waals surface area contributed by atoms with Crippen LogP contribution < -0.4 is 5.73 Å². The summed E-state index contributed by atoms with van der Waals surface area (Å²) in [5, 5.41) is 1.22. The van der Waals surface area contributed by atoms with Gasteiger partial charge in [0.2, 0.25) is 0 Å². The molecule has 0 bridgehead atoms. The number of likely N-dealkylation sites (tertiary alicyclic amines) is 1. The minimum atomic E-state index is 0.322. The van der Waals surface area contributed by atoms with Gasteiger partial charge in [-0.1, -0.05) is 0 Å². The van der Waals surface area contributed by atoms with Crippen molar-refractivity contribution in [2.45, 2.75) is 24.9 Å². The van der Waals surface area contributed by atoms with E-state index in [9.17, 15) is 0 Å². The summed E-state index contributed by atoms with van der Waals surface area (Å²) in [5.74, 6) is 0. The van der Waals surface area contributed by atoms with Crippen molar-refractivity contribution in [3.63, 3.8) is 0 Å². The summed E-state index contributed by atoms with van der Waals surface area (Å²) >= 11 is 0. The predicted molar refractivity (Wildman–Crippen MR) is 73.3 cm³/mol. The molecule has 0 radical (unpaired) electrons. The van der Waals surface area contributed by atoms with E-state index in [1.807, 2.05) is 12.4 Å². The van der Waals surface area contributed by atoms with Gasteiger partial charge in [-0.05, 0) is 32.0 Å². The summed E-state index contributed by atoms with van der Waals surface area (Å²) in [5.41, 5.74) is 8.64. The molecule has 1 aliphatic rings. The Bertz CT molecular complexity index is 560. The molecular weight excluding hydrogens is 224 g/mol. The van der Waals surface area contributed by atoms with Crippen molar-refractivity contribution >= 4 is 10.9 Å². The lowest BCUT2D eigenvalue weighted by Gasteiger charge is -2.36. The third kappa shape index (κ3) is 1.82. The fraction of sp³-hybridized carbons (Fsp3) is 0.500. The molecule has 0 spiro atoms. The highest BCUT2D eigenvalue weighted by atomic mass is 15.2. The van der Waals surface area contributed by atoms with E-state index in [4.69, 9.17) is 5.73 Å². The smallest absolute Gasteiger partial charge is 0.0511 e. The molecule has 18 heavy (non-hydrogen) atoms. The van der Waals surface area contributed by atoms with Crippen molar-refractivity contribution in [2.24, 2.45) is 12.8 Å². The molecule has 4 heteroatoms.